The molecule has 82 valence electrons. The van der Waals surface area contributed by atoms with Crippen LogP contribution in [0.25, 0.3) is 0 Å². The number of rotatable bonds is 4. The van der Waals surface area contributed by atoms with Crippen molar-refractivity contribution in [3.63, 3.8) is 0 Å². The number of hydrogen-bond acceptors (Lipinski definition) is 5. The lowest BCUT2D eigenvalue weighted by atomic mass is 10.2. The molecule has 2 aromatic rings. The number of carboxylic acids is 1. The molecule has 0 unspecified atom stereocenters. The highest BCUT2D eigenvalue weighted by Crippen LogP contribution is 2.14. The number of aromatic nitrogens is 2. The first-order chi connectivity index (χ1) is 7.75. The molecule has 1 heterocycles. The third-order valence-electron chi connectivity index (χ3n) is 1.87. The van der Waals surface area contributed by atoms with E-state index in [4.69, 9.17) is 9.84 Å². The predicted octanol–water partition coefficient (Wildman–Crippen LogP) is 1.82. The molecule has 0 amide bonds. The van der Waals surface area contributed by atoms with Crippen LogP contribution in [0.4, 0.5) is 0 Å². The molecule has 1 aromatic heterocycles. The molecular formula is C10H8N2O3S. The van der Waals surface area contributed by atoms with Crippen molar-refractivity contribution < 1.29 is 14.6 Å². The molecule has 0 radical (unpaired) electrons. The van der Waals surface area contributed by atoms with Crippen LogP contribution in [0, 0.1) is 0 Å². The summed E-state index contributed by atoms with van der Waals surface area (Å²) < 4.78 is 5.40. The van der Waals surface area contributed by atoms with E-state index in [0.29, 0.717) is 12.4 Å². The van der Waals surface area contributed by atoms with Crippen LogP contribution in [-0.4, -0.2) is 21.3 Å². The zero-order valence-electron chi connectivity index (χ0n) is 8.16. The standard InChI is InChI=1S/C10H8N2O3S/c13-10(14)7-1-3-8(4-2-7)15-5-9-12-11-6-16-9/h1-4,6H,5H2,(H,13,14). The molecule has 0 aliphatic heterocycles. The molecule has 16 heavy (non-hydrogen) atoms. The third-order valence-corrected chi connectivity index (χ3v) is 2.54. The first-order valence-corrected chi connectivity index (χ1v) is 5.35. The lowest BCUT2D eigenvalue weighted by molar-refractivity contribution is 0.0697. The number of aromatic carboxylic acids is 1. The zero-order chi connectivity index (χ0) is 11.4. The number of carbonyl (C=O) groups is 1. The monoisotopic (exact) mass is 236 g/mol. The highest BCUT2D eigenvalue weighted by atomic mass is 32.1. The minimum absolute atomic E-state index is 0.239. The second-order valence-corrected chi connectivity index (χ2v) is 3.87. The van der Waals surface area contributed by atoms with Gasteiger partial charge >= 0.3 is 5.97 Å². The Hall–Kier alpha value is -1.95. The van der Waals surface area contributed by atoms with E-state index in [1.54, 1.807) is 17.6 Å². The van der Waals surface area contributed by atoms with Crippen LogP contribution in [0.2, 0.25) is 0 Å². The Morgan fingerprint density at radius 2 is 2.12 bits per heavy atom. The summed E-state index contributed by atoms with van der Waals surface area (Å²) in [5, 5.41) is 17.0. The fraction of sp³-hybridized carbons (Fsp3) is 0.100. The highest BCUT2D eigenvalue weighted by molar-refractivity contribution is 7.09. The summed E-state index contributed by atoms with van der Waals surface area (Å²) in [7, 11) is 0. The topological polar surface area (TPSA) is 72.3 Å². The Morgan fingerprint density at radius 1 is 1.38 bits per heavy atom. The maximum atomic E-state index is 10.6. The molecule has 0 bridgehead atoms. The largest absolute Gasteiger partial charge is 0.486 e. The summed E-state index contributed by atoms with van der Waals surface area (Å²) in [5.74, 6) is -0.337. The molecule has 0 saturated carbocycles. The smallest absolute Gasteiger partial charge is 0.335 e. The lowest BCUT2D eigenvalue weighted by Gasteiger charge is -2.03. The first kappa shape index (κ1) is 10.6. The van der Waals surface area contributed by atoms with E-state index < -0.39 is 5.97 Å². The van der Waals surface area contributed by atoms with Crippen LogP contribution >= 0.6 is 11.3 Å². The average Bonchev–Trinajstić information content (AvgIpc) is 2.80. The van der Waals surface area contributed by atoms with E-state index >= 15 is 0 Å². The molecule has 5 nitrogen and oxygen atoms in total. The van der Waals surface area contributed by atoms with Gasteiger partial charge in [-0.25, -0.2) is 4.79 Å². The van der Waals surface area contributed by atoms with Crippen LogP contribution in [0.3, 0.4) is 0 Å². The van der Waals surface area contributed by atoms with Crippen molar-refractivity contribution in [2.45, 2.75) is 6.61 Å². The number of hydrogen-bond donors (Lipinski definition) is 1. The van der Waals surface area contributed by atoms with Crippen molar-refractivity contribution in [2.24, 2.45) is 0 Å². The maximum absolute atomic E-state index is 10.6. The second-order valence-electron chi connectivity index (χ2n) is 2.95. The maximum Gasteiger partial charge on any atom is 0.335 e. The van der Waals surface area contributed by atoms with Gasteiger partial charge in [-0.1, -0.05) is 0 Å². The summed E-state index contributed by atoms with van der Waals surface area (Å²) >= 11 is 1.41. The highest BCUT2D eigenvalue weighted by Gasteiger charge is 2.03. The molecule has 0 aliphatic carbocycles. The quantitative estimate of drug-likeness (QED) is 0.876. The van der Waals surface area contributed by atoms with Gasteiger partial charge in [-0.05, 0) is 24.3 Å². The molecular weight excluding hydrogens is 228 g/mol. The zero-order valence-corrected chi connectivity index (χ0v) is 8.98. The van der Waals surface area contributed by atoms with Crippen molar-refractivity contribution in [1.29, 1.82) is 0 Å². The van der Waals surface area contributed by atoms with Crippen molar-refractivity contribution in [2.75, 3.05) is 0 Å². The van der Waals surface area contributed by atoms with Crippen LogP contribution in [0.5, 0.6) is 5.75 Å². The van der Waals surface area contributed by atoms with Crippen LogP contribution < -0.4 is 4.74 Å². The van der Waals surface area contributed by atoms with Gasteiger partial charge in [0.1, 0.15) is 17.9 Å². The van der Waals surface area contributed by atoms with Gasteiger partial charge in [0.2, 0.25) is 0 Å². The van der Waals surface area contributed by atoms with Crippen LogP contribution in [0.1, 0.15) is 15.4 Å². The molecule has 0 spiro atoms. The SMILES string of the molecule is O=C(O)c1ccc(OCc2nncs2)cc1. The molecule has 0 saturated heterocycles. The van der Waals surface area contributed by atoms with E-state index in [-0.39, 0.29) is 5.56 Å². The van der Waals surface area contributed by atoms with E-state index in [2.05, 4.69) is 10.2 Å². The van der Waals surface area contributed by atoms with Gasteiger partial charge in [-0.2, -0.15) is 0 Å². The number of nitrogens with zero attached hydrogens (tertiary/aromatic N) is 2. The van der Waals surface area contributed by atoms with Crippen molar-refractivity contribution in [3.8, 4) is 5.75 Å². The molecule has 6 heteroatoms. The van der Waals surface area contributed by atoms with Gasteiger partial charge in [-0.3, -0.25) is 0 Å². The van der Waals surface area contributed by atoms with Gasteiger partial charge in [0.25, 0.3) is 0 Å². The number of carboxylic acid groups (broad SMARTS) is 1. The molecule has 1 aromatic carbocycles. The Morgan fingerprint density at radius 3 is 2.69 bits per heavy atom. The summed E-state index contributed by atoms with van der Waals surface area (Å²) in [5.41, 5.74) is 1.87. The van der Waals surface area contributed by atoms with Gasteiger partial charge < -0.3 is 9.84 Å². The third kappa shape index (κ3) is 2.54. The molecule has 0 fully saturated rings. The normalized spacial score (nSPS) is 10.0. The predicted molar refractivity (Wildman–Crippen MR) is 57.6 cm³/mol. The Labute approximate surface area is 95.3 Å². The van der Waals surface area contributed by atoms with Crippen LogP contribution in [0.15, 0.2) is 29.8 Å². The van der Waals surface area contributed by atoms with E-state index in [0.717, 1.165) is 5.01 Å². The fourth-order valence-electron chi connectivity index (χ4n) is 1.10. The van der Waals surface area contributed by atoms with Gasteiger partial charge in [0.15, 0.2) is 5.01 Å². The van der Waals surface area contributed by atoms with Crippen molar-refractivity contribution in [1.82, 2.24) is 10.2 Å². The summed E-state index contributed by atoms with van der Waals surface area (Å²) in [6.07, 6.45) is 0. The number of benzene rings is 1. The van der Waals surface area contributed by atoms with Gasteiger partial charge in [-0.15, -0.1) is 21.5 Å². The van der Waals surface area contributed by atoms with Gasteiger partial charge in [0.05, 0.1) is 5.56 Å². The number of ether oxygens (including phenoxy) is 1. The molecule has 0 atom stereocenters. The average molecular weight is 236 g/mol. The van der Waals surface area contributed by atoms with E-state index in [9.17, 15) is 4.79 Å². The molecule has 0 aliphatic rings. The van der Waals surface area contributed by atoms with E-state index in [1.807, 2.05) is 0 Å². The van der Waals surface area contributed by atoms with Crippen molar-refractivity contribution in [3.05, 3.63) is 40.3 Å². The molecule has 1 N–H and O–H groups in total. The minimum atomic E-state index is -0.948. The van der Waals surface area contributed by atoms with E-state index in [1.165, 1.54) is 23.5 Å². The summed E-state index contributed by atoms with van der Waals surface area (Å²) in [6, 6.07) is 6.23. The first-order valence-electron chi connectivity index (χ1n) is 4.47. The second kappa shape index (κ2) is 4.71. The van der Waals surface area contributed by atoms with Gasteiger partial charge in [0, 0.05) is 0 Å². The molecule has 2 rings (SSSR count). The lowest BCUT2D eigenvalue weighted by Crippen LogP contribution is -1.97. The minimum Gasteiger partial charge on any atom is -0.486 e. The Kier molecular flexibility index (Phi) is 3.11. The summed E-state index contributed by atoms with van der Waals surface area (Å²) in [6.45, 7) is 0.344. The summed E-state index contributed by atoms with van der Waals surface area (Å²) in [4.78, 5) is 10.6. The van der Waals surface area contributed by atoms with Crippen molar-refractivity contribution >= 4 is 17.3 Å². The van der Waals surface area contributed by atoms with Crippen LogP contribution in [-0.2, 0) is 6.61 Å². The Balaban J connectivity index is 1.98. The Bertz CT molecular complexity index is 467. The fourth-order valence-corrected chi connectivity index (χ4v) is 1.53.